The minimum atomic E-state index is -3.32. The lowest BCUT2D eigenvalue weighted by atomic mass is 9.98. The number of nitrogens with one attached hydrogen (secondary N) is 1. The molecule has 1 fully saturated rings. The Labute approximate surface area is 142 Å². The molecule has 0 spiro atoms. The topological polar surface area (TPSA) is 110 Å². The summed E-state index contributed by atoms with van der Waals surface area (Å²) in [5, 5.41) is 13.4. The van der Waals surface area contributed by atoms with Crippen molar-refractivity contribution in [2.75, 3.05) is 24.7 Å². The van der Waals surface area contributed by atoms with Crippen molar-refractivity contribution in [2.45, 2.75) is 12.8 Å². The van der Waals surface area contributed by atoms with Gasteiger partial charge in [-0.05, 0) is 40.9 Å². The van der Waals surface area contributed by atoms with Crippen molar-refractivity contribution in [1.29, 1.82) is 0 Å². The largest absolute Gasteiger partial charge is 0.326 e. The van der Waals surface area contributed by atoms with Gasteiger partial charge in [-0.1, -0.05) is 0 Å². The van der Waals surface area contributed by atoms with Crippen LogP contribution in [0.4, 0.5) is 11.4 Å². The van der Waals surface area contributed by atoms with Gasteiger partial charge in [0.25, 0.3) is 5.69 Å². The molecule has 8 nitrogen and oxygen atoms in total. The highest BCUT2D eigenvalue weighted by molar-refractivity contribution is 9.10. The first-order chi connectivity index (χ1) is 10.7. The quantitative estimate of drug-likeness (QED) is 0.607. The van der Waals surface area contributed by atoms with Gasteiger partial charge in [0.1, 0.15) is 0 Å². The predicted octanol–water partition coefficient (Wildman–Crippen LogP) is 1.97. The number of hydrogen-bond acceptors (Lipinski definition) is 5. The monoisotopic (exact) mass is 405 g/mol. The van der Waals surface area contributed by atoms with Crippen LogP contribution in [0, 0.1) is 16.0 Å². The van der Waals surface area contributed by atoms with Crippen LogP contribution in [-0.4, -0.2) is 42.9 Å². The summed E-state index contributed by atoms with van der Waals surface area (Å²) in [6, 6.07) is 4.19. The van der Waals surface area contributed by atoms with Crippen LogP contribution in [-0.2, 0) is 14.8 Å². The lowest BCUT2D eigenvalue weighted by Crippen LogP contribution is -2.43. The maximum atomic E-state index is 12.3. The van der Waals surface area contributed by atoms with Gasteiger partial charge in [-0.25, -0.2) is 12.7 Å². The molecule has 1 saturated heterocycles. The van der Waals surface area contributed by atoms with Crippen LogP contribution in [0.15, 0.2) is 22.7 Å². The molecule has 0 aliphatic carbocycles. The Bertz CT molecular complexity index is 737. The van der Waals surface area contributed by atoms with E-state index in [1.807, 2.05) is 0 Å². The molecule has 2 rings (SSSR count). The van der Waals surface area contributed by atoms with E-state index in [0.717, 1.165) is 6.26 Å². The van der Waals surface area contributed by atoms with E-state index in [9.17, 15) is 23.3 Å². The van der Waals surface area contributed by atoms with Crippen LogP contribution in [0.25, 0.3) is 0 Å². The fraction of sp³-hybridized carbons (Fsp3) is 0.462. The molecule has 10 heteroatoms. The third-order valence-corrected chi connectivity index (χ3v) is 5.54. The molecule has 1 heterocycles. The smallest absolute Gasteiger partial charge is 0.283 e. The van der Waals surface area contributed by atoms with E-state index in [1.54, 1.807) is 0 Å². The van der Waals surface area contributed by atoms with Crippen molar-refractivity contribution in [3.63, 3.8) is 0 Å². The Kier molecular flexibility index (Phi) is 5.37. The zero-order valence-electron chi connectivity index (χ0n) is 12.4. The molecule has 126 valence electrons. The van der Waals surface area contributed by atoms with Gasteiger partial charge in [0.15, 0.2) is 0 Å². The number of carbonyl (C=O) groups excluding carboxylic acids is 1. The van der Waals surface area contributed by atoms with Crippen LogP contribution in [0.5, 0.6) is 0 Å². The fourth-order valence-electron chi connectivity index (χ4n) is 2.43. The van der Waals surface area contributed by atoms with Gasteiger partial charge >= 0.3 is 0 Å². The fourth-order valence-corrected chi connectivity index (χ4v) is 3.87. The van der Waals surface area contributed by atoms with Gasteiger partial charge in [0.05, 0.1) is 21.6 Å². The van der Waals surface area contributed by atoms with Crippen LogP contribution < -0.4 is 5.32 Å². The first kappa shape index (κ1) is 17.8. The number of piperidine rings is 1. The second kappa shape index (κ2) is 6.93. The zero-order valence-corrected chi connectivity index (χ0v) is 14.8. The molecule has 0 radical (unpaired) electrons. The van der Waals surface area contributed by atoms with Gasteiger partial charge in [0, 0.05) is 24.8 Å². The average molecular weight is 406 g/mol. The first-order valence-corrected chi connectivity index (χ1v) is 9.52. The standard InChI is InChI=1S/C13H16BrN3O5S/c1-23(21,22)16-6-2-3-9(8-16)13(18)15-10-4-5-12(17(19)20)11(14)7-10/h4-5,7,9H,2-3,6,8H2,1H3,(H,15,18)/t9-/m0/s1. The Morgan fingerprint density at radius 3 is 2.74 bits per heavy atom. The summed E-state index contributed by atoms with van der Waals surface area (Å²) in [6.45, 7) is 0.574. The number of sulfonamides is 1. The first-order valence-electron chi connectivity index (χ1n) is 6.88. The van der Waals surface area contributed by atoms with Crippen molar-refractivity contribution in [1.82, 2.24) is 4.31 Å². The summed E-state index contributed by atoms with van der Waals surface area (Å²) in [6.07, 6.45) is 2.35. The van der Waals surface area contributed by atoms with Crippen LogP contribution >= 0.6 is 15.9 Å². The summed E-state index contributed by atoms with van der Waals surface area (Å²) in [4.78, 5) is 22.5. The molecule has 0 aromatic heterocycles. The number of hydrogen-bond donors (Lipinski definition) is 1. The molecule has 1 aromatic carbocycles. The second-order valence-corrected chi connectivity index (χ2v) is 8.21. The van der Waals surface area contributed by atoms with Gasteiger partial charge in [-0.15, -0.1) is 0 Å². The zero-order chi connectivity index (χ0) is 17.2. The van der Waals surface area contributed by atoms with E-state index in [4.69, 9.17) is 0 Å². The van der Waals surface area contributed by atoms with E-state index in [1.165, 1.54) is 22.5 Å². The van der Waals surface area contributed by atoms with Crippen molar-refractivity contribution in [3.8, 4) is 0 Å². The van der Waals surface area contributed by atoms with E-state index < -0.39 is 20.9 Å². The van der Waals surface area contributed by atoms with Gasteiger partial charge < -0.3 is 5.32 Å². The Morgan fingerprint density at radius 2 is 2.17 bits per heavy atom. The number of nitrogens with zero attached hydrogens (tertiary/aromatic N) is 2. The summed E-state index contributed by atoms with van der Waals surface area (Å²) in [5.41, 5.74) is 0.327. The number of carbonyl (C=O) groups is 1. The molecule has 1 aliphatic heterocycles. The molecular weight excluding hydrogens is 390 g/mol. The molecule has 0 bridgehead atoms. The number of nitro groups is 1. The van der Waals surface area contributed by atoms with Gasteiger partial charge in [0.2, 0.25) is 15.9 Å². The average Bonchev–Trinajstić information content (AvgIpc) is 2.46. The van der Waals surface area contributed by atoms with Crippen LogP contribution in [0.1, 0.15) is 12.8 Å². The summed E-state index contributed by atoms with van der Waals surface area (Å²) in [5.74, 6) is -0.730. The summed E-state index contributed by atoms with van der Waals surface area (Å²) >= 11 is 3.09. The minimum absolute atomic E-state index is 0.0936. The van der Waals surface area contributed by atoms with Gasteiger partial charge in [-0.3, -0.25) is 14.9 Å². The molecule has 1 N–H and O–H groups in total. The molecule has 1 atom stereocenters. The minimum Gasteiger partial charge on any atom is -0.326 e. The molecule has 23 heavy (non-hydrogen) atoms. The number of anilines is 1. The molecule has 1 aliphatic rings. The van der Waals surface area contributed by atoms with Crippen molar-refractivity contribution < 1.29 is 18.1 Å². The van der Waals surface area contributed by atoms with Gasteiger partial charge in [-0.2, -0.15) is 0 Å². The molecular formula is C13H16BrN3O5S. The van der Waals surface area contributed by atoms with E-state index in [-0.39, 0.29) is 22.6 Å². The number of rotatable bonds is 4. The third kappa shape index (κ3) is 4.49. The van der Waals surface area contributed by atoms with E-state index in [0.29, 0.717) is 25.1 Å². The van der Waals surface area contributed by atoms with E-state index in [2.05, 4.69) is 21.2 Å². The summed E-state index contributed by atoms with van der Waals surface area (Å²) in [7, 11) is -3.32. The number of benzene rings is 1. The molecule has 1 aromatic rings. The highest BCUT2D eigenvalue weighted by Crippen LogP contribution is 2.28. The molecule has 1 amide bonds. The predicted molar refractivity (Wildman–Crippen MR) is 88.6 cm³/mol. The third-order valence-electron chi connectivity index (χ3n) is 3.64. The van der Waals surface area contributed by atoms with Crippen molar-refractivity contribution >= 4 is 43.2 Å². The van der Waals surface area contributed by atoms with Crippen molar-refractivity contribution in [3.05, 3.63) is 32.8 Å². The van der Waals surface area contributed by atoms with Crippen LogP contribution in [0.2, 0.25) is 0 Å². The number of amides is 1. The lowest BCUT2D eigenvalue weighted by Gasteiger charge is -2.30. The SMILES string of the molecule is CS(=O)(=O)N1CCC[C@H](C(=O)Nc2ccc([N+](=O)[O-])c(Br)c2)C1. The van der Waals surface area contributed by atoms with Crippen molar-refractivity contribution in [2.24, 2.45) is 5.92 Å². The van der Waals surface area contributed by atoms with Crippen LogP contribution in [0.3, 0.4) is 0 Å². The molecule has 0 saturated carbocycles. The maximum absolute atomic E-state index is 12.3. The highest BCUT2D eigenvalue weighted by Gasteiger charge is 2.30. The lowest BCUT2D eigenvalue weighted by molar-refractivity contribution is -0.385. The highest BCUT2D eigenvalue weighted by atomic mass is 79.9. The normalized spacial score (nSPS) is 19.3. The number of halogens is 1. The Morgan fingerprint density at radius 1 is 1.48 bits per heavy atom. The maximum Gasteiger partial charge on any atom is 0.283 e. The number of nitro benzene ring substituents is 1. The Hall–Kier alpha value is -1.52. The Balaban J connectivity index is 2.07. The molecule has 0 unspecified atom stereocenters. The summed E-state index contributed by atoms with van der Waals surface area (Å²) < 4.78 is 24.7. The second-order valence-electron chi connectivity index (χ2n) is 5.37. The van der Waals surface area contributed by atoms with E-state index >= 15 is 0 Å².